The van der Waals surface area contributed by atoms with Crippen LogP contribution >= 0.6 is 0 Å². The molecule has 5 heteroatoms. The van der Waals surface area contributed by atoms with Gasteiger partial charge in [-0.25, -0.2) is 4.39 Å². The molecule has 0 aromatic heterocycles. The number of methoxy groups -OCH3 is 1. The van der Waals surface area contributed by atoms with E-state index in [-0.39, 0.29) is 29.8 Å². The van der Waals surface area contributed by atoms with Crippen molar-refractivity contribution < 1.29 is 23.0 Å². The number of hydrogen-bond acceptors (Lipinski definition) is 3. The lowest BCUT2D eigenvalue weighted by atomic mass is 9.82. The first-order valence-electron chi connectivity index (χ1n) is 8.82. The summed E-state index contributed by atoms with van der Waals surface area (Å²) in [6.07, 6.45) is -0.259. The van der Waals surface area contributed by atoms with Gasteiger partial charge in [0.05, 0.1) is 32.5 Å². The lowest BCUT2D eigenvalue weighted by molar-refractivity contribution is -0.0205. The molecule has 1 fully saturated rings. The summed E-state index contributed by atoms with van der Waals surface area (Å²) in [5.74, 6) is -1.93. The highest BCUT2D eigenvalue weighted by Crippen LogP contribution is 2.44. The van der Waals surface area contributed by atoms with E-state index in [1.807, 2.05) is 44.2 Å². The van der Waals surface area contributed by atoms with Gasteiger partial charge in [0.25, 0.3) is 0 Å². The van der Waals surface area contributed by atoms with Crippen LogP contribution in [0.15, 0.2) is 42.5 Å². The monoisotopic (exact) mass is 362 g/mol. The van der Waals surface area contributed by atoms with Crippen LogP contribution in [0.2, 0.25) is 0 Å². The fourth-order valence-corrected chi connectivity index (χ4v) is 3.63. The summed E-state index contributed by atoms with van der Waals surface area (Å²) >= 11 is 0. The molecule has 0 unspecified atom stereocenters. The van der Waals surface area contributed by atoms with Gasteiger partial charge in [-0.1, -0.05) is 43.3 Å². The average Bonchev–Trinajstić information content (AvgIpc) is 2.92. The molecule has 1 aliphatic rings. The Morgan fingerprint density at radius 2 is 1.77 bits per heavy atom. The first-order chi connectivity index (χ1) is 12.5. The van der Waals surface area contributed by atoms with Crippen LogP contribution in [0.1, 0.15) is 30.9 Å². The Morgan fingerprint density at radius 1 is 1.04 bits per heavy atom. The molecule has 1 heterocycles. The van der Waals surface area contributed by atoms with Crippen molar-refractivity contribution in [3.05, 3.63) is 65.2 Å². The minimum atomic E-state index is -0.958. The maximum Gasteiger partial charge on any atom is 0.200 e. The van der Waals surface area contributed by atoms with Gasteiger partial charge in [0, 0.05) is 11.5 Å². The fourth-order valence-electron chi connectivity index (χ4n) is 3.63. The van der Waals surface area contributed by atoms with E-state index in [0.717, 1.165) is 11.6 Å². The highest BCUT2D eigenvalue weighted by Gasteiger charge is 2.42. The van der Waals surface area contributed by atoms with Gasteiger partial charge in [-0.2, -0.15) is 4.39 Å². The van der Waals surface area contributed by atoms with Gasteiger partial charge in [0.15, 0.2) is 11.6 Å². The number of hydrogen-bond donors (Lipinski definition) is 0. The molecule has 0 saturated carbocycles. The Hall–Kier alpha value is -1.98. The summed E-state index contributed by atoms with van der Waals surface area (Å²) in [5.41, 5.74) is 1.70. The van der Waals surface area contributed by atoms with Crippen molar-refractivity contribution in [2.24, 2.45) is 5.92 Å². The molecule has 2 aromatic rings. The summed E-state index contributed by atoms with van der Waals surface area (Å²) in [7, 11) is 1.35. The molecule has 26 heavy (non-hydrogen) atoms. The standard InChI is InChI=1S/C21H24F2O3/c1-13-14(2)26-18(12-25-11-15-7-5-4-6-8-15)19(13)16-9-10-17(22)20(23)21(16)24-3/h4-10,13-14,18-19H,11-12H2,1-3H3/t13-,14-,18+,19+/m1/s1. The summed E-state index contributed by atoms with van der Waals surface area (Å²) in [6, 6.07) is 12.6. The molecule has 0 spiro atoms. The van der Waals surface area contributed by atoms with E-state index in [0.29, 0.717) is 18.8 Å². The second kappa shape index (κ2) is 8.14. The first-order valence-corrected chi connectivity index (χ1v) is 8.82. The Kier molecular flexibility index (Phi) is 5.89. The van der Waals surface area contributed by atoms with Crippen LogP contribution in [-0.2, 0) is 16.1 Å². The minimum absolute atomic E-state index is 0.0110. The van der Waals surface area contributed by atoms with Gasteiger partial charge in [-0.3, -0.25) is 0 Å². The summed E-state index contributed by atoms with van der Waals surface area (Å²) in [6.45, 7) is 4.88. The normalized spacial score (nSPS) is 25.4. The molecule has 0 aliphatic carbocycles. The zero-order chi connectivity index (χ0) is 18.7. The number of ether oxygens (including phenoxy) is 3. The first kappa shape index (κ1) is 18.8. The van der Waals surface area contributed by atoms with E-state index >= 15 is 0 Å². The summed E-state index contributed by atoms with van der Waals surface area (Å²) in [4.78, 5) is 0. The molecule has 0 bridgehead atoms. The van der Waals surface area contributed by atoms with E-state index in [2.05, 4.69) is 0 Å². The summed E-state index contributed by atoms with van der Waals surface area (Å²) in [5, 5.41) is 0. The SMILES string of the molecule is COc1c([C@@H]2[C@H](C)[C@@H](C)O[C@H]2COCc2ccccc2)ccc(F)c1F. The molecular formula is C21H24F2O3. The number of benzene rings is 2. The highest BCUT2D eigenvalue weighted by molar-refractivity contribution is 5.40. The van der Waals surface area contributed by atoms with Crippen LogP contribution in [0.3, 0.4) is 0 Å². The molecular weight excluding hydrogens is 338 g/mol. The third-order valence-corrected chi connectivity index (χ3v) is 5.13. The van der Waals surface area contributed by atoms with E-state index in [4.69, 9.17) is 14.2 Å². The van der Waals surface area contributed by atoms with Crippen molar-refractivity contribution in [1.29, 1.82) is 0 Å². The van der Waals surface area contributed by atoms with Crippen molar-refractivity contribution in [2.45, 2.75) is 38.6 Å². The van der Waals surface area contributed by atoms with Crippen LogP contribution < -0.4 is 4.74 Å². The van der Waals surface area contributed by atoms with Crippen molar-refractivity contribution in [1.82, 2.24) is 0 Å². The highest BCUT2D eigenvalue weighted by atomic mass is 19.2. The topological polar surface area (TPSA) is 27.7 Å². The molecule has 3 rings (SSSR count). The van der Waals surface area contributed by atoms with E-state index in [1.165, 1.54) is 7.11 Å². The Bertz CT molecular complexity index is 736. The predicted molar refractivity (Wildman–Crippen MR) is 95.2 cm³/mol. The molecule has 3 nitrogen and oxygen atoms in total. The molecule has 140 valence electrons. The van der Waals surface area contributed by atoms with E-state index in [9.17, 15) is 8.78 Å². The molecule has 1 aliphatic heterocycles. The molecule has 0 amide bonds. The van der Waals surface area contributed by atoms with Crippen molar-refractivity contribution in [3.63, 3.8) is 0 Å². The second-order valence-electron chi connectivity index (χ2n) is 6.75. The number of halogens is 2. The van der Waals surface area contributed by atoms with Crippen molar-refractivity contribution >= 4 is 0 Å². The molecule has 4 atom stereocenters. The smallest absolute Gasteiger partial charge is 0.200 e. The van der Waals surface area contributed by atoms with E-state index < -0.39 is 11.6 Å². The summed E-state index contributed by atoms with van der Waals surface area (Å²) < 4.78 is 44.8. The lowest BCUT2D eigenvalue weighted by Crippen LogP contribution is -2.24. The molecule has 1 saturated heterocycles. The third kappa shape index (κ3) is 3.74. The second-order valence-corrected chi connectivity index (χ2v) is 6.75. The van der Waals surface area contributed by atoms with Gasteiger partial charge in [0.1, 0.15) is 0 Å². The molecule has 0 radical (unpaired) electrons. The zero-order valence-corrected chi connectivity index (χ0v) is 15.2. The van der Waals surface area contributed by atoms with Crippen LogP contribution in [0, 0.1) is 17.6 Å². The third-order valence-electron chi connectivity index (χ3n) is 5.13. The Labute approximate surface area is 152 Å². The average molecular weight is 362 g/mol. The largest absolute Gasteiger partial charge is 0.493 e. The maximum atomic E-state index is 14.2. The van der Waals surface area contributed by atoms with Crippen LogP contribution in [-0.4, -0.2) is 25.9 Å². The zero-order valence-electron chi connectivity index (χ0n) is 15.2. The fraction of sp³-hybridized carbons (Fsp3) is 0.429. The van der Waals surface area contributed by atoms with E-state index in [1.54, 1.807) is 6.07 Å². The minimum Gasteiger partial charge on any atom is -0.493 e. The Morgan fingerprint density at radius 3 is 2.46 bits per heavy atom. The van der Waals surface area contributed by atoms with Gasteiger partial charge >= 0.3 is 0 Å². The van der Waals surface area contributed by atoms with Gasteiger partial charge in [-0.15, -0.1) is 0 Å². The van der Waals surface area contributed by atoms with Gasteiger partial charge in [-0.05, 0) is 24.5 Å². The van der Waals surface area contributed by atoms with Crippen molar-refractivity contribution in [3.8, 4) is 5.75 Å². The predicted octanol–water partition coefficient (Wildman–Crippen LogP) is 4.70. The van der Waals surface area contributed by atoms with Gasteiger partial charge in [0.2, 0.25) is 5.82 Å². The van der Waals surface area contributed by atoms with Crippen LogP contribution in [0.25, 0.3) is 0 Å². The Balaban J connectivity index is 1.78. The maximum absolute atomic E-state index is 14.2. The molecule has 0 N–H and O–H groups in total. The quantitative estimate of drug-likeness (QED) is 0.746. The molecule has 2 aromatic carbocycles. The van der Waals surface area contributed by atoms with Gasteiger partial charge < -0.3 is 14.2 Å². The van der Waals surface area contributed by atoms with Crippen molar-refractivity contribution in [2.75, 3.05) is 13.7 Å². The van der Waals surface area contributed by atoms with Crippen LogP contribution in [0.5, 0.6) is 5.75 Å². The number of rotatable bonds is 6. The van der Waals surface area contributed by atoms with Crippen LogP contribution in [0.4, 0.5) is 8.78 Å². The lowest BCUT2D eigenvalue weighted by Gasteiger charge is -2.24.